The maximum atomic E-state index is 13.2. The highest BCUT2D eigenvalue weighted by Gasteiger charge is 2.35. The molecule has 4 rings (SSSR count). The number of benzene rings is 1. The summed E-state index contributed by atoms with van der Waals surface area (Å²) in [5.41, 5.74) is 2.48. The van der Waals surface area contributed by atoms with E-state index in [9.17, 15) is 13.2 Å². The highest BCUT2D eigenvalue weighted by molar-refractivity contribution is 7.91. The van der Waals surface area contributed by atoms with Crippen LogP contribution in [0.5, 0.6) is 0 Å². The number of imidazole rings is 1. The Kier molecular flexibility index (Phi) is 4.80. The Balaban J connectivity index is 1.72. The van der Waals surface area contributed by atoms with Crippen molar-refractivity contribution in [2.75, 3.05) is 18.6 Å². The Hall–Kier alpha value is -2.15. The van der Waals surface area contributed by atoms with Gasteiger partial charge in [-0.15, -0.1) is 0 Å². The molecule has 0 radical (unpaired) electrons. The third-order valence-corrected chi connectivity index (χ3v) is 7.43. The van der Waals surface area contributed by atoms with E-state index in [-0.39, 0.29) is 23.5 Å². The lowest BCUT2D eigenvalue weighted by atomic mass is 10.1. The van der Waals surface area contributed by atoms with Gasteiger partial charge < -0.3 is 9.47 Å². The number of nitrogens with zero attached hydrogens (tertiary/aromatic N) is 3. The largest absolute Gasteiger partial charge is 0.336 e. The lowest BCUT2D eigenvalue weighted by Gasteiger charge is -2.23. The first kappa shape index (κ1) is 18.2. The van der Waals surface area contributed by atoms with Gasteiger partial charge in [0.2, 0.25) is 0 Å². The average molecular weight is 388 g/mol. The molecule has 2 aliphatic heterocycles. The first-order chi connectivity index (χ1) is 13.0. The number of rotatable bonds is 3. The van der Waals surface area contributed by atoms with Gasteiger partial charge in [-0.3, -0.25) is 4.79 Å². The number of aromatic nitrogens is 2. The van der Waals surface area contributed by atoms with Crippen molar-refractivity contribution < 1.29 is 13.2 Å². The number of carbonyl (C=O) groups excluding carboxylic acids is 1. The van der Waals surface area contributed by atoms with Gasteiger partial charge in [0.05, 0.1) is 17.2 Å². The molecule has 0 bridgehead atoms. The van der Waals surface area contributed by atoms with Gasteiger partial charge in [0.1, 0.15) is 11.5 Å². The molecule has 3 heterocycles. The molecule has 1 fully saturated rings. The summed E-state index contributed by atoms with van der Waals surface area (Å²) in [5.74, 6) is 0.885. The van der Waals surface area contributed by atoms with Crippen LogP contribution in [0.3, 0.4) is 0 Å². The summed E-state index contributed by atoms with van der Waals surface area (Å²) < 4.78 is 25.8. The summed E-state index contributed by atoms with van der Waals surface area (Å²) in [6, 6.07) is 9.70. The second-order valence-electron chi connectivity index (χ2n) is 7.53. The maximum absolute atomic E-state index is 13.2. The van der Waals surface area contributed by atoms with E-state index in [0.717, 1.165) is 49.3 Å². The monoisotopic (exact) mass is 387 g/mol. The van der Waals surface area contributed by atoms with Crippen LogP contribution in [0.4, 0.5) is 0 Å². The van der Waals surface area contributed by atoms with Crippen molar-refractivity contribution in [3.05, 3.63) is 41.7 Å². The Labute approximate surface area is 160 Å². The minimum atomic E-state index is -3.04. The Morgan fingerprint density at radius 2 is 1.96 bits per heavy atom. The smallest absolute Gasteiger partial charge is 0.274 e. The molecule has 0 aliphatic carbocycles. The van der Waals surface area contributed by atoms with Gasteiger partial charge in [-0.1, -0.05) is 36.8 Å². The summed E-state index contributed by atoms with van der Waals surface area (Å²) in [7, 11) is -1.33. The van der Waals surface area contributed by atoms with Crippen LogP contribution in [0.2, 0.25) is 0 Å². The Morgan fingerprint density at radius 3 is 2.67 bits per heavy atom. The van der Waals surface area contributed by atoms with Crippen LogP contribution in [-0.2, 0) is 22.8 Å². The molecule has 1 saturated heterocycles. The topological polar surface area (TPSA) is 72.3 Å². The molecular weight excluding hydrogens is 362 g/mol. The molecule has 1 unspecified atom stereocenters. The molecule has 6 nitrogen and oxygen atoms in total. The molecule has 144 valence electrons. The summed E-state index contributed by atoms with van der Waals surface area (Å²) in [6.45, 7) is 0.862. The van der Waals surface area contributed by atoms with Crippen LogP contribution in [0.25, 0.3) is 11.4 Å². The van der Waals surface area contributed by atoms with Gasteiger partial charge in [0.15, 0.2) is 9.84 Å². The van der Waals surface area contributed by atoms with Gasteiger partial charge in [-0.05, 0) is 25.7 Å². The van der Waals surface area contributed by atoms with Gasteiger partial charge in [-0.25, -0.2) is 13.4 Å². The van der Waals surface area contributed by atoms with Crippen molar-refractivity contribution in [2.24, 2.45) is 0 Å². The zero-order valence-corrected chi connectivity index (χ0v) is 16.4. The molecule has 1 aromatic carbocycles. The minimum absolute atomic E-state index is 0.0524. The zero-order chi connectivity index (χ0) is 19.0. The SMILES string of the molecule is CN(C(=O)c1nc(-c2ccccc2)n2c1CCCCC2)C1CCS(=O)(=O)C1. The molecule has 0 N–H and O–H groups in total. The van der Waals surface area contributed by atoms with Crippen molar-refractivity contribution in [1.29, 1.82) is 0 Å². The van der Waals surface area contributed by atoms with Crippen LogP contribution in [-0.4, -0.2) is 53.4 Å². The summed E-state index contributed by atoms with van der Waals surface area (Å²) in [6.07, 6.45) is 4.60. The van der Waals surface area contributed by atoms with Crippen LogP contribution >= 0.6 is 0 Å². The number of fused-ring (bicyclic) bond motifs is 1. The van der Waals surface area contributed by atoms with Crippen molar-refractivity contribution in [2.45, 2.75) is 44.7 Å². The fourth-order valence-electron chi connectivity index (χ4n) is 4.11. The molecule has 1 aromatic heterocycles. The summed E-state index contributed by atoms with van der Waals surface area (Å²) in [5, 5.41) is 0. The predicted molar refractivity (Wildman–Crippen MR) is 104 cm³/mol. The minimum Gasteiger partial charge on any atom is -0.336 e. The molecule has 1 amide bonds. The van der Waals surface area contributed by atoms with E-state index < -0.39 is 9.84 Å². The van der Waals surface area contributed by atoms with Gasteiger partial charge in [-0.2, -0.15) is 0 Å². The van der Waals surface area contributed by atoms with Crippen LogP contribution in [0, 0.1) is 0 Å². The highest BCUT2D eigenvalue weighted by atomic mass is 32.2. The summed E-state index contributed by atoms with van der Waals surface area (Å²) >= 11 is 0. The normalized spacial score (nSPS) is 21.4. The van der Waals surface area contributed by atoms with Crippen LogP contribution < -0.4 is 0 Å². The molecule has 27 heavy (non-hydrogen) atoms. The highest BCUT2D eigenvalue weighted by Crippen LogP contribution is 2.28. The number of amides is 1. The Bertz CT molecular complexity index is 950. The fraction of sp³-hybridized carbons (Fsp3) is 0.500. The second-order valence-corrected chi connectivity index (χ2v) is 9.76. The van der Waals surface area contributed by atoms with Gasteiger partial charge >= 0.3 is 0 Å². The van der Waals surface area contributed by atoms with Crippen molar-refractivity contribution >= 4 is 15.7 Å². The van der Waals surface area contributed by atoms with E-state index in [1.165, 1.54) is 0 Å². The fourth-order valence-corrected chi connectivity index (χ4v) is 5.89. The third kappa shape index (κ3) is 3.52. The zero-order valence-electron chi connectivity index (χ0n) is 15.6. The molecule has 0 saturated carbocycles. The second kappa shape index (κ2) is 7.11. The van der Waals surface area contributed by atoms with E-state index in [4.69, 9.17) is 4.98 Å². The molecule has 2 aliphatic rings. The van der Waals surface area contributed by atoms with E-state index in [1.54, 1.807) is 11.9 Å². The lowest BCUT2D eigenvalue weighted by molar-refractivity contribution is 0.0741. The molecule has 7 heteroatoms. The van der Waals surface area contributed by atoms with Crippen molar-refractivity contribution in [3.63, 3.8) is 0 Å². The first-order valence-corrected chi connectivity index (χ1v) is 11.4. The van der Waals surface area contributed by atoms with Crippen molar-refractivity contribution in [3.8, 4) is 11.4 Å². The van der Waals surface area contributed by atoms with Crippen molar-refractivity contribution in [1.82, 2.24) is 14.5 Å². The third-order valence-electron chi connectivity index (χ3n) is 5.68. The van der Waals surface area contributed by atoms with E-state index in [1.807, 2.05) is 30.3 Å². The predicted octanol–water partition coefficient (Wildman–Crippen LogP) is 2.54. The van der Waals surface area contributed by atoms with E-state index >= 15 is 0 Å². The average Bonchev–Trinajstić information content (AvgIpc) is 3.11. The lowest BCUT2D eigenvalue weighted by Crippen LogP contribution is -2.38. The maximum Gasteiger partial charge on any atom is 0.274 e. The molecule has 2 aromatic rings. The molecule has 1 atom stereocenters. The summed E-state index contributed by atoms with van der Waals surface area (Å²) in [4.78, 5) is 19.6. The number of carbonyl (C=O) groups is 1. The van der Waals surface area contributed by atoms with E-state index in [2.05, 4.69) is 4.57 Å². The van der Waals surface area contributed by atoms with E-state index in [0.29, 0.717) is 12.1 Å². The number of hydrogen-bond acceptors (Lipinski definition) is 4. The van der Waals surface area contributed by atoms with Gasteiger partial charge in [0.25, 0.3) is 5.91 Å². The Morgan fingerprint density at radius 1 is 1.19 bits per heavy atom. The van der Waals surface area contributed by atoms with Crippen LogP contribution in [0.15, 0.2) is 30.3 Å². The van der Waals surface area contributed by atoms with Gasteiger partial charge in [0, 0.05) is 25.2 Å². The quantitative estimate of drug-likeness (QED) is 0.811. The number of hydrogen-bond donors (Lipinski definition) is 0. The molecular formula is C20H25N3O3S. The first-order valence-electron chi connectivity index (χ1n) is 9.59. The molecule has 0 spiro atoms. The standard InChI is InChI=1S/C20H25N3O3S/c1-22(16-11-13-27(25,26)14-16)20(24)18-17-10-6-3-7-12-23(17)19(21-18)15-8-4-2-5-9-15/h2,4-5,8-9,16H,3,6-7,10-14H2,1H3. The van der Waals surface area contributed by atoms with Crippen LogP contribution in [0.1, 0.15) is 41.9 Å². The number of sulfone groups is 1.